The van der Waals surface area contributed by atoms with Gasteiger partial charge in [0.2, 0.25) is 0 Å². The van der Waals surface area contributed by atoms with E-state index in [-0.39, 0.29) is 12.0 Å². The van der Waals surface area contributed by atoms with Gasteiger partial charge in [0.25, 0.3) is 0 Å². The number of nitrogens with zero attached hydrogens (tertiary/aromatic N) is 2. The number of hydrogen-bond donors (Lipinski definition) is 2. The van der Waals surface area contributed by atoms with Gasteiger partial charge in [0.05, 0.1) is 12.0 Å². The molecular formula is C11H17N3O2. The highest BCUT2D eigenvalue weighted by molar-refractivity contribution is 5.71. The topological polar surface area (TPSA) is 81.1 Å². The van der Waals surface area contributed by atoms with Gasteiger partial charge >= 0.3 is 5.97 Å². The maximum atomic E-state index is 11.1. The Morgan fingerprint density at radius 3 is 3.12 bits per heavy atom. The van der Waals surface area contributed by atoms with Crippen molar-refractivity contribution in [3.8, 4) is 0 Å². The fraction of sp³-hybridized carbons (Fsp3) is 0.636. The first kappa shape index (κ1) is 11.1. The fourth-order valence-corrected chi connectivity index (χ4v) is 2.51. The molecule has 2 atom stereocenters. The lowest BCUT2D eigenvalue weighted by atomic mass is 10.0. The molecule has 0 bridgehead atoms. The van der Waals surface area contributed by atoms with E-state index in [1.807, 2.05) is 10.7 Å². The van der Waals surface area contributed by atoms with E-state index in [1.54, 1.807) is 6.20 Å². The molecule has 5 heteroatoms. The number of hydrogen-bond acceptors (Lipinski definition) is 3. The summed E-state index contributed by atoms with van der Waals surface area (Å²) in [5, 5.41) is 13.4. The number of carboxylic acids is 1. The van der Waals surface area contributed by atoms with Gasteiger partial charge in [-0.25, -0.2) is 0 Å². The number of rotatable bonds is 4. The Bertz CT molecular complexity index is 375. The number of aliphatic carboxylic acids is 1. The third-order valence-corrected chi connectivity index (χ3v) is 3.26. The summed E-state index contributed by atoms with van der Waals surface area (Å²) < 4.78 is 1.86. The molecule has 1 aromatic rings. The van der Waals surface area contributed by atoms with Crippen molar-refractivity contribution >= 4 is 5.97 Å². The number of carboxylic acid groups (broad SMARTS) is 1. The molecule has 16 heavy (non-hydrogen) atoms. The average Bonchev–Trinajstić information content (AvgIpc) is 2.83. The van der Waals surface area contributed by atoms with E-state index in [2.05, 4.69) is 5.10 Å². The van der Waals surface area contributed by atoms with E-state index in [9.17, 15) is 4.79 Å². The molecule has 2 unspecified atom stereocenters. The number of aromatic nitrogens is 2. The lowest BCUT2D eigenvalue weighted by Crippen LogP contribution is -2.24. The van der Waals surface area contributed by atoms with Crippen molar-refractivity contribution < 1.29 is 9.90 Å². The summed E-state index contributed by atoms with van der Waals surface area (Å²) in [4.78, 5) is 11.1. The molecule has 0 spiro atoms. The molecule has 1 fully saturated rings. The SMILES string of the molecule is NCCc1ccnn1C1CCCC1C(=O)O. The molecule has 1 aliphatic rings. The fourth-order valence-electron chi connectivity index (χ4n) is 2.51. The predicted octanol–water partition coefficient (Wildman–Crippen LogP) is 0.810. The second-order valence-electron chi connectivity index (χ2n) is 4.25. The van der Waals surface area contributed by atoms with Crippen molar-refractivity contribution in [3.05, 3.63) is 18.0 Å². The van der Waals surface area contributed by atoms with Gasteiger partial charge in [0.1, 0.15) is 0 Å². The van der Waals surface area contributed by atoms with Crippen molar-refractivity contribution in [1.29, 1.82) is 0 Å². The molecule has 88 valence electrons. The zero-order chi connectivity index (χ0) is 11.5. The summed E-state index contributed by atoms with van der Waals surface area (Å²) in [5.74, 6) is -1.01. The Labute approximate surface area is 94.2 Å². The highest BCUT2D eigenvalue weighted by atomic mass is 16.4. The molecule has 1 aromatic heterocycles. The van der Waals surface area contributed by atoms with E-state index in [0.717, 1.165) is 31.4 Å². The van der Waals surface area contributed by atoms with Gasteiger partial charge in [-0.15, -0.1) is 0 Å². The average molecular weight is 223 g/mol. The van der Waals surface area contributed by atoms with Crippen LogP contribution in [0.2, 0.25) is 0 Å². The lowest BCUT2D eigenvalue weighted by molar-refractivity contribution is -0.142. The molecule has 0 saturated heterocycles. The van der Waals surface area contributed by atoms with Crippen LogP contribution in [0.3, 0.4) is 0 Å². The van der Waals surface area contributed by atoms with E-state index >= 15 is 0 Å². The summed E-state index contributed by atoms with van der Waals surface area (Å²) in [6, 6.07) is 1.93. The Morgan fingerprint density at radius 1 is 1.62 bits per heavy atom. The largest absolute Gasteiger partial charge is 0.481 e. The van der Waals surface area contributed by atoms with E-state index in [0.29, 0.717) is 6.54 Å². The Hall–Kier alpha value is -1.36. The van der Waals surface area contributed by atoms with Crippen LogP contribution in [0.1, 0.15) is 31.0 Å². The summed E-state index contributed by atoms with van der Waals surface area (Å²) >= 11 is 0. The molecule has 2 rings (SSSR count). The van der Waals surface area contributed by atoms with Crippen molar-refractivity contribution in [2.75, 3.05) is 6.54 Å². The minimum Gasteiger partial charge on any atom is -0.481 e. The normalized spacial score (nSPS) is 24.8. The first-order valence-corrected chi connectivity index (χ1v) is 5.69. The van der Waals surface area contributed by atoms with Crippen LogP contribution in [0.25, 0.3) is 0 Å². The molecule has 0 radical (unpaired) electrons. The molecule has 1 saturated carbocycles. The highest BCUT2D eigenvalue weighted by Crippen LogP contribution is 2.36. The van der Waals surface area contributed by atoms with Gasteiger partial charge in [-0.1, -0.05) is 6.42 Å². The van der Waals surface area contributed by atoms with Crippen LogP contribution in [-0.2, 0) is 11.2 Å². The van der Waals surface area contributed by atoms with E-state index in [4.69, 9.17) is 10.8 Å². The highest BCUT2D eigenvalue weighted by Gasteiger charge is 2.35. The summed E-state index contributed by atoms with van der Waals surface area (Å²) in [6.07, 6.45) is 5.09. The number of carbonyl (C=O) groups is 1. The lowest BCUT2D eigenvalue weighted by Gasteiger charge is -2.19. The molecule has 0 aromatic carbocycles. The van der Waals surface area contributed by atoms with Gasteiger partial charge < -0.3 is 10.8 Å². The Kier molecular flexibility index (Phi) is 3.24. The Balaban J connectivity index is 2.22. The van der Waals surface area contributed by atoms with Gasteiger partial charge in [0.15, 0.2) is 0 Å². The maximum absolute atomic E-state index is 11.1. The summed E-state index contributed by atoms with van der Waals surface area (Å²) in [6.45, 7) is 0.566. The van der Waals surface area contributed by atoms with Crippen molar-refractivity contribution in [2.45, 2.75) is 31.7 Å². The molecule has 5 nitrogen and oxygen atoms in total. The third-order valence-electron chi connectivity index (χ3n) is 3.26. The van der Waals surface area contributed by atoms with Crippen LogP contribution in [0, 0.1) is 5.92 Å². The standard InChI is InChI=1S/C11H17N3O2/c12-6-4-8-5-7-13-14(8)10-3-1-2-9(10)11(15)16/h5,7,9-10H,1-4,6,12H2,(H,15,16). The van der Waals surface area contributed by atoms with Gasteiger partial charge in [-0.3, -0.25) is 9.48 Å². The van der Waals surface area contributed by atoms with Crippen LogP contribution in [0.15, 0.2) is 12.3 Å². The maximum Gasteiger partial charge on any atom is 0.308 e. The summed E-state index contributed by atoms with van der Waals surface area (Å²) in [7, 11) is 0. The van der Waals surface area contributed by atoms with Gasteiger partial charge in [-0.05, 0) is 25.5 Å². The second kappa shape index (κ2) is 4.65. The number of nitrogens with two attached hydrogens (primary N) is 1. The third kappa shape index (κ3) is 1.95. The van der Waals surface area contributed by atoms with E-state index in [1.165, 1.54) is 0 Å². The van der Waals surface area contributed by atoms with Gasteiger partial charge in [0, 0.05) is 18.3 Å². The van der Waals surface area contributed by atoms with Crippen molar-refractivity contribution in [2.24, 2.45) is 11.7 Å². The minimum atomic E-state index is -0.711. The monoisotopic (exact) mass is 223 g/mol. The van der Waals surface area contributed by atoms with Crippen LogP contribution in [-0.4, -0.2) is 27.4 Å². The molecule has 1 aliphatic carbocycles. The minimum absolute atomic E-state index is 0.00838. The summed E-state index contributed by atoms with van der Waals surface area (Å²) in [5.41, 5.74) is 6.57. The predicted molar refractivity (Wildman–Crippen MR) is 59.0 cm³/mol. The smallest absolute Gasteiger partial charge is 0.308 e. The molecule has 3 N–H and O–H groups in total. The molecule has 1 heterocycles. The van der Waals surface area contributed by atoms with Crippen molar-refractivity contribution in [1.82, 2.24) is 9.78 Å². The zero-order valence-electron chi connectivity index (χ0n) is 9.17. The van der Waals surface area contributed by atoms with Crippen molar-refractivity contribution in [3.63, 3.8) is 0 Å². The molecule has 0 amide bonds. The van der Waals surface area contributed by atoms with Crippen LogP contribution in [0.5, 0.6) is 0 Å². The van der Waals surface area contributed by atoms with Gasteiger partial charge in [-0.2, -0.15) is 5.10 Å². The first-order valence-electron chi connectivity index (χ1n) is 5.69. The first-order chi connectivity index (χ1) is 7.74. The zero-order valence-corrected chi connectivity index (χ0v) is 9.17. The second-order valence-corrected chi connectivity index (χ2v) is 4.25. The van der Waals surface area contributed by atoms with Crippen LogP contribution in [0.4, 0.5) is 0 Å². The quantitative estimate of drug-likeness (QED) is 0.791. The Morgan fingerprint density at radius 2 is 2.44 bits per heavy atom. The van der Waals surface area contributed by atoms with Crippen LogP contribution < -0.4 is 5.73 Å². The van der Waals surface area contributed by atoms with E-state index < -0.39 is 5.97 Å². The molecular weight excluding hydrogens is 206 g/mol. The molecule has 0 aliphatic heterocycles. The van der Waals surface area contributed by atoms with Crippen LogP contribution >= 0.6 is 0 Å².